The molecule has 0 aliphatic rings. The number of benzene rings is 1. The molecule has 0 saturated heterocycles. The molecule has 21 heavy (non-hydrogen) atoms. The Hall–Kier alpha value is -1.80. The van der Waals surface area contributed by atoms with Gasteiger partial charge < -0.3 is 9.84 Å². The zero-order valence-electron chi connectivity index (χ0n) is 11.3. The molecule has 1 aromatic rings. The van der Waals surface area contributed by atoms with E-state index in [0.717, 1.165) is 14.0 Å². The Labute approximate surface area is 127 Å². The van der Waals surface area contributed by atoms with Gasteiger partial charge in [-0.15, -0.1) is 0 Å². The maximum absolute atomic E-state index is 12.4. The van der Waals surface area contributed by atoms with Crippen LogP contribution in [0.25, 0.3) is 0 Å². The highest BCUT2D eigenvalue weighted by atomic mass is 35.5. The monoisotopic (exact) mass is 335 g/mol. The standard InChI is InChI=1S/C12H14ClNO6S/c1-8(12(17)20-2)21(18,19)14(7-11(15)16)10-5-3-4-9(13)6-10/h3-6,8H,7H2,1-2H3,(H,15,16). The summed E-state index contributed by atoms with van der Waals surface area (Å²) in [6.07, 6.45) is 0. The first-order chi connectivity index (χ1) is 9.70. The van der Waals surface area contributed by atoms with Crippen molar-refractivity contribution in [2.45, 2.75) is 12.2 Å². The van der Waals surface area contributed by atoms with Crippen molar-refractivity contribution in [3.05, 3.63) is 29.3 Å². The molecule has 116 valence electrons. The van der Waals surface area contributed by atoms with Crippen molar-refractivity contribution >= 4 is 39.3 Å². The Morgan fingerprint density at radius 2 is 2.05 bits per heavy atom. The quantitative estimate of drug-likeness (QED) is 0.782. The van der Waals surface area contributed by atoms with Gasteiger partial charge in [-0.3, -0.25) is 13.9 Å². The number of halogens is 1. The summed E-state index contributed by atoms with van der Waals surface area (Å²) in [4.78, 5) is 22.4. The van der Waals surface area contributed by atoms with Crippen molar-refractivity contribution < 1.29 is 27.9 Å². The van der Waals surface area contributed by atoms with Crippen LogP contribution >= 0.6 is 11.6 Å². The largest absolute Gasteiger partial charge is 0.480 e. The molecule has 1 N–H and O–H groups in total. The van der Waals surface area contributed by atoms with E-state index in [0.29, 0.717) is 4.31 Å². The van der Waals surface area contributed by atoms with E-state index in [1.165, 1.54) is 24.3 Å². The number of methoxy groups -OCH3 is 1. The first-order valence-electron chi connectivity index (χ1n) is 5.77. The molecule has 1 unspecified atom stereocenters. The zero-order valence-corrected chi connectivity index (χ0v) is 12.9. The molecule has 0 fully saturated rings. The number of aliphatic carboxylic acids is 1. The highest BCUT2D eigenvalue weighted by Crippen LogP contribution is 2.24. The van der Waals surface area contributed by atoms with Gasteiger partial charge in [0.1, 0.15) is 6.54 Å². The number of hydrogen-bond acceptors (Lipinski definition) is 5. The summed E-state index contributed by atoms with van der Waals surface area (Å²) in [5.74, 6) is -2.34. The van der Waals surface area contributed by atoms with Crippen LogP contribution in [0.15, 0.2) is 24.3 Å². The average molecular weight is 336 g/mol. The Morgan fingerprint density at radius 3 is 2.52 bits per heavy atom. The number of ether oxygens (including phenoxy) is 1. The first kappa shape index (κ1) is 17.3. The topological polar surface area (TPSA) is 101 Å². The molecular formula is C12H14ClNO6S. The lowest BCUT2D eigenvalue weighted by molar-refractivity contribution is -0.140. The van der Waals surface area contributed by atoms with Gasteiger partial charge in [-0.25, -0.2) is 8.42 Å². The number of esters is 1. The molecule has 0 amide bonds. The van der Waals surface area contributed by atoms with E-state index in [1.807, 2.05) is 0 Å². The summed E-state index contributed by atoms with van der Waals surface area (Å²) >= 11 is 5.78. The number of nitrogens with zero attached hydrogens (tertiary/aromatic N) is 1. The molecule has 9 heteroatoms. The Kier molecular flexibility index (Phi) is 5.56. The van der Waals surface area contributed by atoms with Gasteiger partial charge in [-0.05, 0) is 25.1 Å². The fourth-order valence-electron chi connectivity index (χ4n) is 1.56. The van der Waals surface area contributed by atoms with Crippen LogP contribution in [0.5, 0.6) is 0 Å². The normalized spacial score (nSPS) is 12.5. The Balaban J connectivity index is 3.31. The second-order valence-electron chi connectivity index (χ2n) is 4.09. The molecule has 0 spiro atoms. The third-order valence-electron chi connectivity index (χ3n) is 2.66. The number of carboxylic acid groups (broad SMARTS) is 1. The third-order valence-corrected chi connectivity index (χ3v) is 4.94. The van der Waals surface area contributed by atoms with E-state index < -0.39 is 33.8 Å². The van der Waals surface area contributed by atoms with Crippen LogP contribution in [0.2, 0.25) is 5.02 Å². The number of carbonyl (C=O) groups is 2. The number of hydrogen-bond donors (Lipinski definition) is 1. The van der Waals surface area contributed by atoms with Crippen LogP contribution < -0.4 is 4.31 Å². The van der Waals surface area contributed by atoms with Crippen molar-refractivity contribution in [2.75, 3.05) is 18.0 Å². The summed E-state index contributed by atoms with van der Waals surface area (Å²) in [5, 5.41) is 7.60. The Morgan fingerprint density at radius 1 is 1.43 bits per heavy atom. The number of carbonyl (C=O) groups excluding carboxylic acids is 1. The zero-order chi connectivity index (χ0) is 16.2. The predicted molar refractivity (Wildman–Crippen MR) is 76.8 cm³/mol. The molecule has 0 heterocycles. The molecule has 0 aliphatic carbocycles. The van der Waals surface area contributed by atoms with Crippen molar-refractivity contribution in [1.82, 2.24) is 0 Å². The summed E-state index contributed by atoms with van der Waals surface area (Å²) in [5.41, 5.74) is 0.0562. The average Bonchev–Trinajstić information content (AvgIpc) is 2.42. The molecule has 0 bridgehead atoms. The molecular weight excluding hydrogens is 322 g/mol. The molecule has 7 nitrogen and oxygen atoms in total. The van der Waals surface area contributed by atoms with Crippen LogP contribution in [-0.2, 0) is 24.3 Å². The minimum atomic E-state index is -4.26. The summed E-state index contributed by atoms with van der Waals surface area (Å²) in [6.45, 7) is 0.296. The van der Waals surface area contributed by atoms with E-state index in [1.54, 1.807) is 0 Å². The number of rotatable bonds is 6. The summed E-state index contributed by atoms with van der Waals surface area (Å²) < 4.78 is 29.8. The number of sulfonamides is 1. The maximum atomic E-state index is 12.4. The highest BCUT2D eigenvalue weighted by Gasteiger charge is 2.36. The molecule has 1 rings (SSSR count). The van der Waals surface area contributed by atoms with Crippen molar-refractivity contribution in [1.29, 1.82) is 0 Å². The maximum Gasteiger partial charge on any atom is 0.325 e. The third kappa shape index (κ3) is 4.08. The molecule has 0 aromatic heterocycles. The molecule has 0 saturated carbocycles. The molecule has 0 aliphatic heterocycles. The van der Waals surface area contributed by atoms with Crippen LogP contribution in [0.1, 0.15) is 6.92 Å². The van der Waals surface area contributed by atoms with Crippen molar-refractivity contribution in [3.63, 3.8) is 0 Å². The predicted octanol–water partition coefficient (Wildman–Crippen LogP) is 1.12. The van der Waals surface area contributed by atoms with Gasteiger partial charge in [0.2, 0.25) is 10.0 Å². The second kappa shape index (κ2) is 6.77. The van der Waals surface area contributed by atoms with Crippen LogP contribution in [0.3, 0.4) is 0 Å². The van der Waals surface area contributed by atoms with E-state index in [2.05, 4.69) is 4.74 Å². The SMILES string of the molecule is COC(=O)C(C)S(=O)(=O)N(CC(=O)O)c1cccc(Cl)c1. The smallest absolute Gasteiger partial charge is 0.325 e. The molecule has 1 atom stereocenters. The lowest BCUT2D eigenvalue weighted by atomic mass is 10.3. The van der Waals surface area contributed by atoms with E-state index in [-0.39, 0.29) is 10.7 Å². The first-order valence-corrected chi connectivity index (χ1v) is 7.65. The van der Waals surface area contributed by atoms with Gasteiger partial charge in [0, 0.05) is 5.02 Å². The van der Waals surface area contributed by atoms with Crippen LogP contribution in [0, 0.1) is 0 Å². The van der Waals surface area contributed by atoms with E-state index in [4.69, 9.17) is 16.7 Å². The van der Waals surface area contributed by atoms with Crippen molar-refractivity contribution in [3.8, 4) is 0 Å². The van der Waals surface area contributed by atoms with Crippen molar-refractivity contribution in [2.24, 2.45) is 0 Å². The van der Waals surface area contributed by atoms with E-state index >= 15 is 0 Å². The fraction of sp³-hybridized carbons (Fsp3) is 0.333. The minimum Gasteiger partial charge on any atom is -0.480 e. The van der Waals surface area contributed by atoms with Gasteiger partial charge in [-0.1, -0.05) is 17.7 Å². The van der Waals surface area contributed by atoms with Gasteiger partial charge >= 0.3 is 11.9 Å². The number of carboxylic acids is 1. The van der Waals surface area contributed by atoms with E-state index in [9.17, 15) is 18.0 Å². The lowest BCUT2D eigenvalue weighted by Crippen LogP contribution is -2.44. The summed E-state index contributed by atoms with van der Waals surface area (Å²) in [6, 6.07) is 5.67. The number of anilines is 1. The van der Waals surface area contributed by atoms with Gasteiger partial charge in [0.05, 0.1) is 12.8 Å². The van der Waals surface area contributed by atoms with Gasteiger partial charge in [0.25, 0.3) is 0 Å². The van der Waals surface area contributed by atoms with Gasteiger partial charge in [0.15, 0.2) is 5.25 Å². The second-order valence-corrected chi connectivity index (χ2v) is 6.70. The lowest BCUT2D eigenvalue weighted by Gasteiger charge is -2.25. The Bertz CT molecular complexity index is 645. The summed E-state index contributed by atoms with van der Waals surface area (Å²) in [7, 11) is -3.21. The minimum absolute atomic E-state index is 0.0562. The molecule has 1 aromatic carbocycles. The van der Waals surface area contributed by atoms with Gasteiger partial charge in [-0.2, -0.15) is 0 Å². The fourth-order valence-corrected chi connectivity index (χ4v) is 3.16. The highest BCUT2D eigenvalue weighted by molar-refractivity contribution is 7.94. The van der Waals surface area contributed by atoms with Crippen LogP contribution in [-0.4, -0.2) is 44.4 Å². The van der Waals surface area contributed by atoms with Crippen LogP contribution in [0.4, 0.5) is 5.69 Å². The molecule has 0 radical (unpaired) electrons.